The first kappa shape index (κ1) is 50.1. The predicted molar refractivity (Wildman–Crippen MR) is 222 cm³/mol. The SMILES string of the molecule is CCC(=O)OCCCNC(=O)[C@H](Cc1ccccc1)NC(=O)[C@H](C)[C@@H](OC)[C@@H]1CCCN1C(=O)C[C@@H](OC)[C@H]([C@@H](C)CC)N(C)C(=O)CNC(=O)C(C(C)C)N(C)C. The van der Waals surface area contributed by atoms with Crippen molar-refractivity contribution in [1.29, 1.82) is 0 Å². The Balaban J connectivity index is 2.19. The molecule has 1 fully saturated rings. The Bertz CT molecular complexity index is 1450. The molecule has 1 saturated heterocycles. The minimum absolute atomic E-state index is 0.00395. The number of methoxy groups -OCH3 is 2. The van der Waals surface area contributed by atoms with Crippen LogP contribution in [0.1, 0.15) is 85.6 Å². The van der Waals surface area contributed by atoms with E-state index in [4.69, 9.17) is 14.2 Å². The van der Waals surface area contributed by atoms with Crippen LogP contribution in [-0.2, 0) is 49.4 Å². The van der Waals surface area contributed by atoms with Gasteiger partial charge in [0.1, 0.15) is 6.04 Å². The lowest BCUT2D eigenvalue weighted by atomic mass is 9.90. The van der Waals surface area contributed by atoms with Crippen molar-refractivity contribution >= 4 is 35.5 Å². The van der Waals surface area contributed by atoms with Crippen LogP contribution in [0.4, 0.5) is 0 Å². The van der Waals surface area contributed by atoms with E-state index in [9.17, 15) is 28.8 Å². The Morgan fingerprint density at radius 2 is 1.57 bits per heavy atom. The highest BCUT2D eigenvalue weighted by Crippen LogP contribution is 2.29. The first-order chi connectivity index (χ1) is 27.5. The van der Waals surface area contributed by atoms with Crippen molar-refractivity contribution in [1.82, 2.24) is 30.7 Å². The van der Waals surface area contributed by atoms with E-state index in [0.717, 1.165) is 12.0 Å². The highest BCUT2D eigenvalue weighted by molar-refractivity contribution is 5.89. The van der Waals surface area contributed by atoms with Gasteiger partial charge in [0.05, 0.1) is 55.8 Å². The quantitative estimate of drug-likeness (QED) is 0.0984. The summed E-state index contributed by atoms with van der Waals surface area (Å²) < 4.78 is 17.0. The molecule has 8 atom stereocenters. The number of nitrogens with zero attached hydrogens (tertiary/aromatic N) is 3. The van der Waals surface area contributed by atoms with E-state index in [-0.39, 0.29) is 92.3 Å². The largest absolute Gasteiger partial charge is 0.466 e. The van der Waals surface area contributed by atoms with Gasteiger partial charge in [-0.15, -0.1) is 0 Å². The van der Waals surface area contributed by atoms with Gasteiger partial charge in [-0.1, -0.05) is 78.3 Å². The topological polar surface area (TPSA) is 176 Å². The summed E-state index contributed by atoms with van der Waals surface area (Å²) in [5, 5.41) is 8.60. The van der Waals surface area contributed by atoms with Crippen LogP contribution in [0.3, 0.4) is 0 Å². The lowest BCUT2D eigenvalue weighted by Crippen LogP contribution is -2.55. The fraction of sp³-hybridized carbons (Fsp3) is 0.721. The van der Waals surface area contributed by atoms with Crippen molar-refractivity contribution in [3.05, 3.63) is 35.9 Å². The van der Waals surface area contributed by atoms with Gasteiger partial charge in [-0.2, -0.15) is 0 Å². The average molecular weight is 817 g/mol. The zero-order valence-corrected chi connectivity index (χ0v) is 36.9. The van der Waals surface area contributed by atoms with Gasteiger partial charge < -0.3 is 40.0 Å². The number of rotatable bonds is 25. The molecule has 1 aromatic rings. The van der Waals surface area contributed by atoms with Crippen LogP contribution >= 0.6 is 0 Å². The zero-order valence-electron chi connectivity index (χ0n) is 36.9. The van der Waals surface area contributed by atoms with E-state index in [0.29, 0.717) is 25.8 Å². The number of likely N-dealkylation sites (N-methyl/N-ethyl adjacent to an activating group) is 2. The lowest BCUT2D eigenvalue weighted by molar-refractivity contribution is -0.146. The van der Waals surface area contributed by atoms with Crippen LogP contribution < -0.4 is 16.0 Å². The van der Waals surface area contributed by atoms with Crippen molar-refractivity contribution in [2.45, 2.75) is 123 Å². The molecule has 3 N–H and O–H groups in total. The van der Waals surface area contributed by atoms with Gasteiger partial charge >= 0.3 is 5.97 Å². The van der Waals surface area contributed by atoms with Crippen molar-refractivity contribution in [3.63, 3.8) is 0 Å². The number of likely N-dealkylation sites (tertiary alicyclic amines) is 1. The molecule has 15 heteroatoms. The Hall–Kier alpha value is -4.08. The number of nitrogens with one attached hydrogen (secondary N) is 3. The normalized spacial score (nSPS) is 17.7. The second-order valence-corrected chi connectivity index (χ2v) is 16.0. The van der Waals surface area contributed by atoms with Crippen LogP contribution in [0, 0.1) is 17.8 Å². The van der Waals surface area contributed by atoms with Gasteiger partial charge in [-0.05, 0) is 50.8 Å². The summed E-state index contributed by atoms with van der Waals surface area (Å²) in [6.07, 6.45) is 1.70. The Kier molecular flexibility index (Phi) is 21.9. The van der Waals surface area contributed by atoms with Crippen molar-refractivity contribution in [2.75, 3.05) is 61.6 Å². The molecule has 15 nitrogen and oxygen atoms in total. The maximum absolute atomic E-state index is 14.2. The smallest absolute Gasteiger partial charge is 0.305 e. The standard InChI is InChI=1S/C43H72N6O9/c1-12-29(5)39(48(9)36(51)27-45-43(55)38(28(3)4)47(7)8)34(56-10)26-35(50)49-23-17-21-33(49)40(57-11)30(6)41(53)46-32(25-31-19-15-14-16-20-31)42(54)44-22-18-24-58-37(52)13-2/h14-16,19-20,28-30,32-34,38-40H,12-13,17-18,21-27H2,1-11H3,(H,44,54)(H,45,55)(H,46,53)/t29-,30+,32-,33-,34+,38?,39-,40+/m0/s1. The molecule has 328 valence electrons. The molecule has 1 heterocycles. The van der Waals surface area contributed by atoms with Gasteiger partial charge in [0.2, 0.25) is 29.5 Å². The molecule has 0 radical (unpaired) electrons. The Morgan fingerprint density at radius 1 is 0.897 bits per heavy atom. The third-order valence-electron chi connectivity index (χ3n) is 11.3. The molecule has 2 rings (SSSR count). The fourth-order valence-electron chi connectivity index (χ4n) is 7.91. The summed E-state index contributed by atoms with van der Waals surface area (Å²) in [4.78, 5) is 84.7. The van der Waals surface area contributed by atoms with E-state index in [1.165, 1.54) is 14.2 Å². The average Bonchev–Trinajstić information content (AvgIpc) is 3.68. The molecule has 1 unspecified atom stereocenters. The third-order valence-corrected chi connectivity index (χ3v) is 11.3. The highest BCUT2D eigenvalue weighted by atomic mass is 16.5. The second kappa shape index (κ2) is 25.4. The van der Waals surface area contributed by atoms with Gasteiger partial charge in [0, 0.05) is 47.2 Å². The molecule has 1 aliphatic rings. The number of benzene rings is 1. The van der Waals surface area contributed by atoms with E-state index < -0.39 is 36.3 Å². The van der Waals surface area contributed by atoms with Crippen molar-refractivity contribution in [3.8, 4) is 0 Å². The number of ether oxygens (including phenoxy) is 3. The molecule has 0 aliphatic carbocycles. The third kappa shape index (κ3) is 14.9. The minimum atomic E-state index is -0.882. The molecular formula is C43H72N6O9. The van der Waals surface area contributed by atoms with Crippen LogP contribution in [0.25, 0.3) is 0 Å². The van der Waals surface area contributed by atoms with E-state index in [1.807, 2.05) is 77.0 Å². The number of esters is 1. The van der Waals surface area contributed by atoms with Gasteiger partial charge in [-0.25, -0.2) is 0 Å². The monoisotopic (exact) mass is 817 g/mol. The second-order valence-electron chi connectivity index (χ2n) is 16.0. The van der Waals surface area contributed by atoms with Gasteiger partial charge in [0.25, 0.3) is 0 Å². The minimum Gasteiger partial charge on any atom is -0.466 e. The molecule has 1 aromatic carbocycles. The number of amides is 5. The van der Waals surface area contributed by atoms with Gasteiger partial charge in [0.15, 0.2) is 0 Å². The highest BCUT2D eigenvalue weighted by Gasteiger charge is 2.42. The molecule has 0 saturated carbocycles. The molecule has 0 aromatic heterocycles. The summed E-state index contributed by atoms with van der Waals surface area (Å²) in [6.45, 7) is 12.1. The Morgan fingerprint density at radius 3 is 2.14 bits per heavy atom. The first-order valence-corrected chi connectivity index (χ1v) is 20.8. The summed E-state index contributed by atoms with van der Waals surface area (Å²) >= 11 is 0. The summed E-state index contributed by atoms with van der Waals surface area (Å²) in [7, 11) is 8.40. The van der Waals surface area contributed by atoms with Crippen molar-refractivity contribution < 1.29 is 43.0 Å². The van der Waals surface area contributed by atoms with Crippen LogP contribution in [0.5, 0.6) is 0 Å². The van der Waals surface area contributed by atoms with Crippen LogP contribution in [0.15, 0.2) is 30.3 Å². The molecule has 58 heavy (non-hydrogen) atoms. The molecule has 0 bridgehead atoms. The molecule has 1 aliphatic heterocycles. The first-order valence-electron chi connectivity index (χ1n) is 20.8. The van der Waals surface area contributed by atoms with Crippen molar-refractivity contribution in [2.24, 2.45) is 17.8 Å². The van der Waals surface area contributed by atoms with E-state index >= 15 is 0 Å². The maximum atomic E-state index is 14.2. The molecule has 5 amide bonds. The number of hydrogen-bond acceptors (Lipinski definition) is 10. The summed E-state index contributed by atoms with van der Waals surface area (Å²) in [5.74, 6) is -2.46. The molecule has 0 spiro atoms. The predicted octanol–water partition coefficient (Wildman–Crippen LogP) is 2.80. The lowest BCUT2D eigenvalue weighted by Gasteiger charge is -2.39. The summed E-state index contributed by atoms with van der Waals surface area (Å²) in [5.41, 5.74) is 0.868. The number of hydrogen-bond donors (Lipinski definition) is 3. The molecular weight excluding hydrogens is 745 g/mol. The van der Waals surface area contributed by atoms with Crippen LogP contribution in [0.2, 0.25) is 0 Å². The zero-order chi connectivity index (χ0) is 43.5. The summed E-state index contributed by atoms with van der Waals surface area (Å²) in [6, 6.07) is 7.25. The maximum Gasteiger partial charge on any atom is 0.305 e. The number of carbonyl (C=O) groups excluding carboxylic acids is 6. The van der Waals surface area contributed by atoms with Gasteiger partial charge in [-0.3, -0.25) is 33.7 Å². The fourth-order valence-corrected chi connectivity index (χ4v) is 7.91. The Labute approximate surface area is 346 Å². The van der Waals surface area contributed by atoms with E-state index in [1.54, 1.807) is 30.7 Å². The van der Waals surface area contributed by atoms with Crippen LogP contribution in [-0.4, -0.2) is 148 Å². The number of carbonyl (C=O) groups is 6. The van der Waals surface area contributed by atoms with E-state index in [2.05, 4.69) is 16.0 Å².